The quantitative estimate of drug-likeness (QED) is 0.514. The second-order valence-corrected chi connectivity index (χ2v) is 6.50. The predicted molar refractivity (Wildman–Crippen MR) is 110 cm³/mol. The zero-order valence-corrected chi connectivity index (χ0v) is 15.2. The molecular formula is C22H20N4O. The van der Waals surface area contributed by atoms with Gasteiger partial charge in [0.05, 0.1) is 0 Å². The lowest BCUT2D eigenvalue weighted by molar-refractivity contribution is 0.465. The maximum atomic E-state index is 6.26. The Hall–Kier alpha value is -3.60. The second-order valence-electron chi connectivity index (χ2n) is 6.50. The molecule has 27 heavy (non-hydrogen) atoms. The maximum absolute atomic E-state index is 6.26. The first-order valence-electron chi connectivity index (χ1n) is 8.71. The Balaban J connectivity index is 1.62. The third kappa shape index (κ3) is 3.53. The van der Waals surface area contributed by atoms with E-state index in [0.29, 0.717) is 23.1 Å². The van der Waals surface area contributed by atoms with Gasteiger partial charge < -0.3 is 15.8 Å². The Labute approximate surface area is 157 Å². The van der Waals surface area contributed by atoms with E-state index in [1.54, 1.807) is 0 Å². The number of nitrogens with one attached hydrogen (secondary N) is 1. The Bertz CT molecular complexity index is 1120. The molecule has 4 rings (SSSR count). The molecule has 0 saturated carbocycles. The molecular weight excluding hydrogens is 336 g/mol. The van der Waals surface area contributed by atoms with Crippen molar-refractivity contribution in [3.05, 3.63) is 78.1 Å². The van der Waals surface area contributed by atoms with E-state index < -0.39 is 0 Å². The number of ether oxygens (including phenoxy) is 1. The number of nitrogen functional groups attached to an aromatic ring is 1. The molecule has 0 atom stereocenters. The first-order valence-corrected chi connectivity index (χ1v) is 8.71. The van der Waals surface area contributed by atoms with Gasteiger partial charge in [0.15, 0.2) is 5.82 Å². The van der Waals surface area contributed by atoms with Gasteiger partial charge in [-0.2, -0.15) is 4.98 Å². The zero-order valence-electron chi connectivity index (χ0n) is 15.2. The lowest BCUT2D eigenvalue weighted by Crippen LogP contribution is -2.04. The summed E-state index contributed by atoms with van der Waals surface area (Å²) in [5.41, 5.74) is 9.89. The fourth-order valence-electron chi connectivity index (χ4n) is 2.98. The molecule has 0 radical (unpaired) electrons. The van der Waals surface area contributed by atoms with E-state index >= 15 is 0 Å². The highest BCUT2D eigenvalue weighted by atomic mass is 16.5. The normalized spacial score (nSPS) is 10.7. The van der Waals surface area contributed by atoms with E-state index in [1.807, 2.05) is 55.5 Å². The van der Waals surface area contributed by atoms with E-state index in [-0.39, 0.29) is 0 Å². The summed E-state index contributed by atoms with van der Waals surface area (Å²) in [5.74, 6) is 1.52. The van der Waals surface area contributed by atoms with Crippen LogP contribution in [0.2, 0.25) is 0 Å². The molecule has 0 amide bonds. The summed E-state index contributed by atoms with van der Waals surface area (Å²) in [6.07, 6.45) is 1.44. The number of aromatic nitrogens is 2. The van der Waals surface area contributed by atoms with Crippen LogP contribution >= 0.6 is 0 Å². The molecule has 0 saturated heterocycles. The van der Waals surface area contributed by atoms with Crippen LogP contribution in [-0.4, -0.2) is 9.97 Å². The summed E-state index contributed by atoms with van der Waals surface area (Å²) < 4.78 is 5.93. The first-order chi connectivity index (χ1) is 13.1. The molecule has 4 aromatic rings. The lowest BCUT2D eigenvalue weighted by Gasteiger charge is -2.13. The van der Waals surface area contributed by atoms with E-state index in [1.165, 1.54) is 11.9 Å². The van der Waals surface area contributed by atoms with Gasteiger partial charge in [0.1, 0.15) is 17.8 Å². The topological polar surface area (TPSA) is 73.1 Å². The van der Waals surface area contributed by atoms with Crippen LogP contribution in [0.5, 0.6) is 11.6 Å². The number of rotatable bonds is 4. The highest BCUT2D eigenvalue weighted by Crippen LogP contribution is 2.32. The van der Waals surface area contributed by atoms with Crippen molar-refractivity contribution < 1.29 is 4.74 Å². The molecule has 0 spiro atoms. The van der Waals surface area contributed by atoms with Crippen molar-refractivity contribution in [2.75, 3.05) is 11.1 Å². The van der Waals surface area contributed by atoms with E-state index in [4.69, 9.17) is 10.5 Å². The van der Waals surface area contributed by atoms with Crippen LogP contribution in [0.15, 0.2) is 67.0 Å². The van der Waals surface area contributed by atoms with Gasteiger partial charge in [-0.25, -0.2) is 4.98 Å². The second kappa shape index (κ2) is 6.96. The molecule has 5 heteroatoms. The molecule has 3 N–H and O–H groups in total. The summed E-state index contributed by atoms with van der Waals surface area (Å²) in [7, 11) is 0. The number of benzene rings is 3. The average Bonchev–Trinajstić information content (AvgIpc) is 2.67. The van der Waals surface area contributed by atoms with Crippen LogP contribution in [-0.2, 0) is 0 Å². The summed E-state index contributed by atoms with van der Waals surface area (Å²) in [6, 6.07) is 20.1. The molecule has 3 aromatic carbocycles. The molecule has 1 heterocycles. The van der Waals surface area contributed by atoms with Crippen molar-refractivity contribution in [2.45, 2.75) is 13.8 Å². The maximum Gasteiger partial charge on any atom is 0.248 e. The minimum atomic E-state index is 0.326. The monoisotopic (exact) mass is 356 g/mol. The third-order valence-corrected chi connectivity index (χ3v) is 4.42. The SMILES string of the molecule is Cc1ccc(Nc2ncnc(Oc3ccc4ccccc4c3)c2N)c(C)c1. The minimum Gasteiger partial charge on any atom is -0.437 e. The van der Waals surface area contributed by atoms with Gasteiger partial charge in [0.2, 0.25) is 5.88 Å². The minimum absolute atomic E-state index is 0.326. The molecule has 1 aromatic heterocycles. The molecule has 5 nitrogen and oxygen atoms in total. The molecule has 0 unspecified atom stereocenters. The molecule has 0 bridgehead atoms. The van der Waals surface area contributed by atoms with Crippen molar-refractivity contribution in [2.24, 2.45) is 0 Å². The summed E-state index contributed by atoms with van der Waals surface area (Å²) in [5, 5.41) is 5.51. The number of hydrogen-bond acceptors (Lipinski definition) is 5. The van der Waals surface area contributed by atoms with E-state index in [9.17, 15) is 0 Å². The molecule has 0 aliphatic rings. The lowest BCUT2D eigenvalue weighted by atomic mass is 10.1. The highest BCUT2D eigenvalue weighted by molar-refractivity contribution is 5.84. The highest BCUT2D eigenvalue weighted by Gasteiger charge is 2.12. The van der Waals surface area contributed by atoms with Gasteiger partial charge in [-0.15, -0.1) is 0 Å². The fraction of sp³-hybridized carbons (Fsp3) is 0.0909. The van der Waals surface area contributed by atoms with Crippen molar-refractivity contribution in [1.82, 2.24) is 9.97 Å². The van der Waals surface area contributed by atoms with Crippen molar-refractivity contribution in [1.29, 1.82) is 0 Å². The van der Waals surface area contributed by atoms with E-state index in [0.717, 1.165) is 22.0 Å². The Kier molecular flexibility index (Phi) is 4.34. The van der Waals surface area contributed by atoms with Crippen LogP contribution in [0.25, 0.3) is 10.8 Å². The van der Waals surface area contributed by atoms with Crippen LogP contribution in [0, 0.1) is 13.8 Å². The Morgan fingerprint density at radius 1 is 0.889 bits per heavy atom. The number of anilines is 3. The van der Waals surface area contributed by atoms with E-state index in [2.05, 4.69) is 34.3 Å². The van der Waals surface area contributed by atoms with Gasteiger partial charge in [0, 0.05) is 5.69 Å². The van der Waals surface area contributed by atoms with Gasteiger partial charge >= 0.3 is 0 Å². The largest absolute Gasteiger partial charge is 0.437 e. The molecule has 134 valence electrons. The van der Waals surface area contributed by atoms with Gasteiger partial charge in [-0.1, -0.05) is 48.0 Å². The summed E-state index contributed by atoms with van der Waals surface area (Å²) in [6.45, 7) is 4.10. The van der Waals surface area contributed by atoms with Crippen molar-refractivity contribution in [3.8, 4) is 11.6 Å². The standard InChI is InChI=1S/C22H20N4O/c1-14-7-10-19(15(2)11-14)26-21-20(23)22(25-13-24-21)27-18-9-8-16-5-3-4-6-17(16)12-18/h3-13H,23H2,1-2H3,(H,24,25,26). The van der Waals surface area contributed by atoms with Crippen LogP contribution in [0.3, 0.4) is 0 Å². The first kappa shape index (κ1) is 16.8. The summed E-state index contributed by atoms with van der Waals surface area (Å²) >= 11 is 0. The van der Waals surface area contributed by atoms with Crippen molar-refractivity contribution in [3.63, 3.8) is 0 Å². The van der Waals surface area contributed by atoms with Gasteiger partial charge in [-0.3, -0.25) is 0 Å². The van der Waals surface area contributed by atoms with Gasteiger partial charge in [0.25, 0.3) is 0 Å². The smallest absolute Gasteiger partial charge is 0.248 e. The number of nitrogens with two attached hydrogens (primary N) is 1. The van der Waals surface area contributed by atoms with Crippen LogP contribution in [0.4, 0.5) is 17.2 Å². The molecule has 0 aliphatic heterocycles. The van der Waals surface area contributed by atoms with Crippen molar-refractivity contribution >= 4 is 28.0 Å². The average molecular weight is 356 g/mol. The van der Waals surface area contributed by atoms with Crippen LogP contribution in [0.1, 0.15) is 11.1 Å². The number of hydrogen-bond donors (Lipinski definition) is 2. The predicted octanol–water partition coefficient (Wildman–Crippen LogP) is 5.36. The summed E-state index contributed by atoms with van der Waals surface area (Å²) in [4.78, 5) is 8.46. The van der Waals surface area contributed by atoms with Gasteiger partial charge in [-0.05, 0) is 48.4 Å². The van der Waals surface area contributed by atoms with Crippen LogP contribution < -0.4 is 15.8 Å². The number of fused-ring (bicyclic) bond motifs is 1. The Morgan fingerprint density at radius 2 is 1.70 bits per heavy atom. The number of aryl methyl sites for hydroxylation is 2. The zero-order chi connectivity index (χ0) is 18.8. The molecule has 0 fully saturated rings. The molecule has 0 aliphatic carbocycles. The fourth-order valence-corrected chi connectivity index (χ4v) is 2.98. The Morgan fingerprint density at radius 3 is 2.52 bits per heavy atom. The third-order valence-electron chi connectivity index (χ3n) is 4.42. The number of nitrogens with zero attached hydrogens (tertiary/aromatic N) is 2.